The predicted molar refractivity (Wildman–Crippen MR) is 74.9 cm³/mol. The first kappa shape index (κ1) is 14.9. The van der Waals surface area contributed by atoms with E-state index in [0.29, 0.717) is 23.4 Å². The van der Waals surface area contributed by atoms with E-state index in [4.69, 9.17) is 0 Å². The first-order chi connectivity index (χ1) is 9.46. The van der Waals surface area contributed by atoms with Crippen molar-refractivity contribution in [1.82, 2.24) is 14.9 Å². The number of aliphatic carboxylic acids is 1. The van der Waals surface area contributed by atoms with Gasteiger partial charge in [0.2, 0.25) is 0 Å². The van der Waals surface area contributed by atoms with E-state index in [9.17, 15) is 14.7 Å². The summed E-state index contributed by atoms with van der Waals surface area (Å²) in [4.78, 5) is 24.1. The van der Waals surface area contributed by atoms with Crippen LogP contribution in [0.5, 0.6) is 0 Å². The average molecular weight is 297 g/mol. The molecule has 0 aliphatic heterocycles. The number of nitrogens with zero attached hydrogens (tertiary/aromatic N) is 2. The standard InChI is InChI=1S/C13H19N3O3S/c1-8(2)9-10(20-16-15-9)11(17)14-7-13(12(18)19)5-3-4-6-13/h8H,3-7H2,1-2H3,(H,14,17)(H,18,19). The van der Waals surface area contributed by atoms with Crippen molar-refractivity contribution in [3.8, 4) is 0 Å². The van der Waals surface area contributed by atoms with Gasteiger partial charge in [-0.05, 0) is 30.3 Å². The van der Waals surface area contributed by atoms with Crippen molar-refractivity contribution in [3.05, 3.63) is 10.6 Å². The summed E-state index contributed by atoms with van der Waals surface area (Å²) in [5, 5.41) is 16.1. The average Bonchev–Trinajstić information content (AvgIpc) is 3.05. The minimum absolute atomic E-state index is 0.120. The van der Waals surface area contributed by atoms with Gasteiger partial charge in [-0.1, -0.05) is 31.2 Å². The topological polar surface area (TPSA) is 92.2 Å². The van der Waals surface area contributed by atoms with Crippen LogP contribution in [0.15, 0.2) is 0 Å². The van der Waals surface area contributed by atoms with Gasteiger partial charge < -0.3 is 10.4 Å². The Hall–Kier alpha value is -1.50. The lowest BCUT2D eigenvalue weighted by atomic mass is 9.86. The largest absolute Gasteiger partial charge is 0.481 e. The van der Waals surface area contributed by atoms with Gasteiger partial charge in [-0.2, -0.15) is 0 Å². The fourth-order valence-electron chi connectivity index (χ4n) is 2.58. The van der Waals surface area contributed by atoms with Crippen molar-refractivity contribution >= 4 is 23.4 Å². The number of amides is 1. The number of carboxylic acid groups (broad SMARTS) is 1. The summed E-state index contributed by atoms with van der Waals surface area (Å²) in [6, 6.07) is 0. The number of carbonyl (C=O) groups excluding carboxylic acids is 1. The van der Waals surface area contributed by atoms with Crippen LogP contribution < -0.4 is 5.32 Å². The quantitative estimate of drug-likeness (QED) is 0.867. The van der Waals surface area contributed by atoms with Crippen molar-refractivity contribution in [2.45, 2.75) is 45.4 Å². The van der Waals surface area contributed by atoms with Crippen LogP contribution in [0.4, 0.5) is 0 Å². The van der Waals surface area contributed by atoms with Crippen LogP contribution in [-0.4, -0.2) is 33.1 Å². The smallest absolute Gasteiger partial charge is 0.311 e. The third kappa shape index (κ3) is 2.82. The zero-order valence-corrected chi connectivity index (χ0v) is 12.5. The van der Waals surface area contributed by atoms with Gasteiger partial charge in [0.15, 0.2) is 0 Å². The summed E-state index contributed by atoms with van der Waals surface area (Å²) >= 11 is 1.06. The second-order valence-electron chi connectivity index (χ2n) is 5.62. The van der Waals surface area contributed by atoms with E-state index >= 15 is 0 Å². The van der Waals surface area contributed by atoms with Crippen molar-refractivity contribution in [2.75, 3.05) is 6.54 Å². The van der Waals surface area contributed by atoms with E-state index in [1.807, 2.05) is 13.8 Å². The molecule has 1 aliphatic rings. The molecule has 1 heterocycles. The van der Waals surface area contributed by atoms with Gasteiger partial charge >= 0.3 is 5.97 Å². The molecular weight excluding hydrogens is 278 g/mol. The van der Waals surface area contributed by atoms with Gasteiger partial charge in [-0.15, -0.1) is 5.10 Å². The van der Waals surface area contributed by atoms with Gasteiger partial charge in [-0.25, -0.2) is 0 Å². The first-order valence-corrected chi connectivity index (χ1v) is 7.57. The van der Waals surface area contributed by atoms with E-state index in [1.54, 1.807) is 0 Å². The van der Waals surface area contributed by atoms with Crippen LogP contribution in [0.1, 0.15) is 60.8 Å². The molecule has 1 aromatic rings. The summed E-state index contributed by atoms with van der Waals surface area (Å²) in [7, 11) is 0. The molecule has 2 N–H and O–H groups in total. The van der Waals surface area contributed by atoms with Crippen LogP contribution in [-0.2, 0) is 4.79 Å². The van der Waals surface area contributed by atoms with E-state index in [-0.39, 0.29) is 18.4 Å². The molecule has 0 spiro atoms. The molecule has 2 rings (SSSR count). The van der Waals surface area contributed by atoms with Gasteiger partial charge in [0.25, 0.3) is 5.91 Å². The number of rotatable bonds is 5. The summed E-state index contributed by atoms with van der Waals surface area (Å²) in [5.74, 6) is -0.965. The van der Waals surface area contributed by atoms with Gasteiger partial charge in [0.1, 0.15) is 4.88 Å². The SMILES string of the molecule is CC(C)c1nnsc1C(=O)NCC1(C(=O)O)CCCC1. The molecule has 0 radical (unpaired) electrons. The van der Waals surface area contributed by atoms with Crippen LogP contribution in [0, 0.1) is 5.41 Å². The third-order valence-electron chi connectivity index (χ3n) is 3.87. The Kier molecular flexibility index (Phi) is 4.37. The van der Waals surface area contributed by atoms with E-state index < -0.39 is 11.4 Å². The zero-order chi connectivity index (χ0) is 14.8. The second-order valence-corrected chi connectivity index (χ2v) is 6.37. The predicted octanol–water partition coefficient (Wildman–Crippen LogP) is 2.04. The van der Waals surface area contributed by atoms with Crippen LogP contribution in [0.3, 0.4) is 0 Å². The summed E-state index contributed by atoms with van der Waals surface area (Å²) < 4.78 is 3.81. The van der Waals surface area contributed by atoms with Crippen LogP contribution in [0.25, 0.3) is 0 Å². The number of hydrogen-bond donors (Lipinski definition) is 2. The number of aromatic nitrogens is 2. The number of carbonyl (C=O) groups is 2. The minimum atomic E-state index is -0.818. The Morgan fingerprint density at radius 3 is 2.60 bits per heavy atom. The zero-order valence-electron chi connectivity index (χ0n) is 11.7. The Labute approximate surface area is 121 Å². The summed E-state index contributed by atoms with van der Waals surface area (Å²) in [5.41, 5.74) is -0.130. The minimum Gasteiger partial charge on any atom is -0.481 e. The number of carboxylic acids is 1. The maximum Gasteiger partial charge on any atom is 0.311 e. The molecule has 0 unspecified atom stereocenters. The highest BCUT2D eigenvalue weighted by atomic mass is 32.1. The molecule has 110 valence electrons. The molecular formula is C13H19N3O3S. The molecule has 1 aliphatic carbocycles. The summed E-state index contributed by atoms with van der Waals surface area (Å²) in [6.45, 7) is 4.07. The highest BCUT2D eigenvalue weighted by Crippen LogP contribution is 2.37. The monoisotopic (exact) mass is 297 g/mol. The lowest BCUT2D eigenvalue weighted by Crippen LogP contribution is -2.41. The number of nitrogens with one attached hydrogen (secondary N) is 1. The molecule has 1 amide bonds. The molecule has 0 aromatic carbocycles. The van der Waals surface area contributed by atoms with E-state index in [0.717, 1.165) is 24.4 Å². The normalized spacial score (nSPS) is 17.4. The Balaban J connectivity index is 2.05. The maximum absolute atomic E-state index is 12.2. The van der Waals surface area contributed by atoms with Gasteiger partial charge in [-0.3, -0.25) is 9.59 Å². The molecule has 6 nitrogen and oxygen atoms in total. The summed E-state index contributed by atoms with van der Waals surface area (Å²) in [6.07, 6.45) is 3.06. The second kappa shape index (κ2) is 5.87. The number of hydrogen-bond acceptors (Lipinski definition) is 5. The van der Waals surface area contributed by atoms with Crippen LogP contribution in [0.2, 0.25) is 0 Å². The first-order valence-electron chi connectivity index (χ1n) is 6.80. The third-order valence-corrected chi connectivity index (χ3v) is 4.61. The lowest BCUT2D eigenvalue weighted by Gasteiger charge is -2.23. The van der Waals surface area contributed by atoms with Crippen molar-refractivity contribution in [3.63, 3.8) is 0 Å². The van der Waals surface area contributed by atoms with Gasteiger partial charge in [0, 0.05) is 6.54 Å². The molecule has 1 aromatic heterocycles. The fourth-order valence-corrected chi connectivity index (χ4v) is 3.32. The molecule has 0 saturated heterocycles. The van der Waals surface area contributed by atoms with E-state index in [2.05, 4.69) is 14.9 Å². The van der Waals surface area contributed by atoms with Gasteiger partial charge in [0.05, 0.1) is 11.1 Å². The lowest BCUT2D eigenvalue weighted by molar-refractivity contribution is -0.148. The van der Waals surface area contributed by atoms with Crippen molar-refractivity contribution in [1.29, 1.82) is 0 Å². The molecule has 1 fully saturated rings. The fraction of sp³-hybridized carbons (Fsp3) is 0.692. The molecule has 0 bridgehead atoms. The molecule has 0 atom stereocenters. The van der Waals surface area contributed by atoms with Crippen LogP contribution >= 0.6 is 11.5 Å². The highest BCUT2D eigenvalue weighted by Gasteiger charge is 2.41. The molecule has 7 heteroatoms. The Morgan fingerprint density at radius 1 is 1.40 bits per heavy atom. The Bertz CT molecular complexity index is 507. The maximum atomic E-state index is 12.2. The van der Waals surface area contributed by atoms with Crippen molar-refractivity contribution in [2.24, 2.45) is 5.41 Å². The van der Waals surface area contributed by atoms with E-state index in [1.165, 1.54) is 0 Å². The highest BCUT2D eigenvalue weighted by molar-refractivity contribution is 7.08. The molecule has 1 saturated carbocycles. The molecule has 20 heavy (non-hydrogen) atoms. The Morgan fingerprint density at radius 2 is 2.05 bits per heavy atom. The van der Waals surface area contributed by atoms with Crippen molar-refractivity contribution < 1.29 is 14.7 Å².